The standard InChI is InChI=1S/C14H20BrN3O2/c1-2-17-10-11(15)9-12(17)14(20)16-6-4-8-18-7-3-5-13(18)19/h9-10H,2-8H2,1H3,(H,16,20). The quantitative estimate of drug-likeness (QED) is 0.804. The molecule has 0 saturated carbocycles. The van der Waals surface area contributed by atoms with E-state index in [2.05, 4.69) is 21.2 Å². The molecule has 0 spiro atoms. The summed E-state index contributed by atoms with van der Waals surface area (Å²) < 4.78 is 2.82. The van der Waals surface area contributed by atoms with Gasteiger partial charge in [-0.05, 0) is 41.8 Å². The maximum absolute atomic E-state index is 12.1. The average molecular weight is 342 g/mol. The number of aryl methyl sites for hydroxylation is 1. The van der Waals surface area contributed by atoms with Crippen LogP contribution in [0.25, 0.3) is 0 Å². The predicted octanol–water partition coefficient (Wildman–Crippen LogP) is 2.01. The van der Waals surface area contributed by atoms with Crippen molar-refractivity contribution < 1.29 is 9.59 Å². The molecule has 1 aliphatic heterocycles. The van der Waals surface area contributed by atoms with Gasteiger partial charge in [0.25, 0.3) is 5.91 Å². The number of rotatable bonds is 6. The number of carbonyl (C=O) groups is 2. The van der Waals surface area contributed by atoms with Crippen LogP contribution in [0.1, 0.15) is 36.7 Å². The van der Waals surface area contributed by atoms with Gasteiger partial charge in [-0.1, -0.05) is 0 Å². The van der Waals surface area contributed by atoms with E-state index < -0.39 is 0 Å². The summed E-state index contributed by atoms with van der Waals surface area (Å²) in [6.45, 7) is 4.95. The largest absolute Gasteiger partial charge is 0.351 e. The zero-order valence-corrected chi connectivity index (χ0v) is 13.3. The average Bonchev–Trinajstić information content (AvgIpc) is 3.00. The van der Waals surface area contributed by atoms with Crippen LogP contribution in [-0.4, -0.2) is 40.9 Å². The first-order valence-corrected chi connectivity index (χ1v) is 7.82. The number of carbonyl (C=O) groups excluding carboxylic acids is 2. The van der Waals surface area contributed by atoms with Gasteiger partial charge in [0.1, 0.15) is 5.69 Å². The smallest absolute Gasteiger partial charge is 0.267 e. The molecule has 20 heavy (non-hydrogen) atoms. The molecule has 2 rings (SSSR count). The molecular formula is C14H20BrN3O2. The van der Waals surface area contributed by atoms with E-state index in [4.69, 9.17) is 0 Å². The number of halogens is 1. The second-order valence-corrected chi connectivity index (χ2v) is 5.84. The fourth-order valence-electron chi connectivity index (χ4n) is 2.43. The molecule has 6 heteroatoms. The van der Waals surface area contributed by atoms with E-state index in [9.17, 15) is 9.59 Å². The monoisotopic (exact) mass is 341 g/mol. The molecule has 1 aromatic rings. The molecule has 0 bridgehead atoms. The molecule has 0 aliphatic carbocycles. The van der Waals surface area contributed by atoms with Crippen LogP contribution < -0.4 is 5.32 Å². The highest BCUT2D eigenvalue weighted by Gasteiger charge is 2.19. The van der Waals surface area contributed by atoms with Crippen molar-refractivity contribution in [3.8, 4) is 0 Å². The first kappa shape index (κ1) is 15.1. The molecule has 2 heterocycles. The summed E-state index contributed by atoms with van der Waals surface area (Å²) in [5.41, 5.74) is 0.664. The van der Waals surface area contributed by atoms with Crippen molar-refractivity contribution in [2.45, 2.75) is 32.7 Å². The van der Waals surface area contributed by atoms with Crippen molar-refractivity contribution in [3.05, 3.63) is 22.4 Å². The van der Waals surface area contributed by atoms with Gasteiger partial charge in [-0.3, -0.25) is 9.59 Å². The fourth-order valence-corrected chi connectivity index (χ4v) is 2.89. The van der Waals surface area contributed by atoms with Crippen molar-refractivity contribution in [2.75, 3.05) is 19.6 Å². The first-order chi connectivity index (χ1) is 9.61. The minimum atomic E-state index is -0.0645. The van der Waals surface area contributed by atoms with E-state index in [1.54, 1.807) is 0 Å². The van der Waals surface area contributed by atoms with Gasteiger partial charge < -0.3 is 14.8 Å². The van der Waals surface area contributed by atoms with Gasteiger partial charge in [0.15, 0.2) is 0 Å². The molecule has 1 N–H and O–H groups in total. The highest BCUT2D eigenvalue weighted by atomic mass is 79.9. The van der Waals surface area contributed by atoms with Crippen LogP contribution in [0.5, 0.6) is 0 Å². The van der Waals surface area contributed by atoms with Crippen LogP contribution in [0.3, 0.4) is 0 Å². The van der Waals surface area contributed by atoms with Crippen molar-refractivity contribution in [1.82, 2.24) is 14.8 Å². The second kappa shape index (κ2) is 6.92. The van der Waals surface area contributed by atoms with Crippen molar-refractivity contribution in [2.24, 2.45) is 0 Å². The molecule has 1 fully saturated rings. The third-order valence-corrected chi connectivity index (χ3v) is 3.93. The van der Waals surface area contributed by atoms with Crippen LogP contribution in [0.15, 0.2) is 16.7 Å². The summed E-state index contributed by atoms with van der Waals surface area (Å²) >= 11 is 3.38. The normalized spacial score (nSPS) is 14.9. The maximum atomic E-state index is 12.1. The highest BCUT2D eigenvalue weighted by molar-refractivity contribution is 9.10. The summed E-state index contributed by atoms with van der Waals surface area (Å²) in [6.07, 6.45) is 4.33. The van der Waals surface area contributed by atoms with Crippen LogP contribution >= 0.6 is 15.9 Å². The zero-order valence-electron chi connectivity index (χ0n) is 11.7. The summed E-state index contributed by atoms with van der Waals surface area (Å²) in [6, 6.07) is 1.82. The Hall–Kier alpha value is -1.30. The molecule has 1 aliphatic rings. The lowest BCUT2D eigenvalue weighted by atomic mass is 10.3. The Morgan fingerprint density at radius 3 is 2.95 bits per heavy atom. The van der Waals surface area contributed by atoms with Gasteiger partial charge in [0.2, 0.25) is 5.91 Å². The molecule has 0 unspecified atom stereocenters. The Balaban J connectivity index is 1.76. The number of hydrogen-bond donors (Lipinski definition) is 1. The lowest BCUT2D eigenvalue weighted by Crippen LogP contribution is -2.31. The Kier molecular flexibility index (Phi) is 5.23. The van der Waals surface area contributed by atoms with Crippen molar-refractivity contribution >= 4 is 27.7 Å². The van der Waals surface area contributed by atoms with Crippen LogP contribution in [-0.2, 0) is 11.3 Å². The molecule has 0 atom stereocenters. The summed E-state index contributed by atoms with van der Waals surface area (Å²) in [5.74, 6) is 0.172. The van der Waals surface area contributed by atoms with Gasteiger partial charge in [-0.2, -0.15) is 0 Å². The van der Waals surface area contributed by atoms with Gasteiger partial charge in [-0.25, -0.2) is 0 Å². The molecular weight excluding hydrogens is 322 g/mol. The molecule has 1 saturated heterocycles. The van der Waals surface area contributed by atoms with E-state index >= 15 is 0 Å². The number of amides is 2. The maximum Gasteiger partial charge on any atom is 0.267 e. The molecule has 1 aromatic heterocycles. The second-order valence-electron chi connectivity index (χ2n) is 4.92. The number of hydrogen-bond acceptors (Lipinski definition) is 2. The van der Waals surface area contributed by atoms with E-state index in [1.807, 2.05) is 28.7 Å². The van der Waals surface area contributed by atoms with Crippen LogP contribution in [0, 0.1) is 0 Å². The minimum Gasteiger partial charge on any atom is -0.351 e. The Morgan fingerprint density at radius 1 is 1.50 bits per heavy atom. The van der Waals surface area contributed by atoms with Gasteiger partial charge in [-0.15, -0.1) is 0 Å². The number of nitrogens with zero attached hydrogens (tertiary/aromatic N) is 2. The predicted molar refractivity (Wildman–Crippen MR) is 80.6 cm³/mol. The lowest BCUT2D eigenvalue weighted by molar-refractivity contribution is -0.127. The van der Waals surface area contributed by atoms with E-state index in [0.29, 0.717) is 18.7 Å². The summed E-state index contributed by atoms with van der Waals surface area (Å²) in [7, 11) is 0. The minimum absolute atomic E-state index is 0.0645. The van der Waals surface area contributed by atoms with E-state index in [0.717, 1.165) is 36.9 Å². The Labute approximate surface area is 127 Å². The van der Waals surface area contributed by atoms with E-state index in [-0.39, 0.29) is 11.8 Å². The van der Waals surface area contributed by atoms with Crippen LogP contribution in [0.4, 0.5) is 0 Å². The molecule has 110 valence electrons. The Morgan fingerprint density at radius 2 is 2.30 bits per heavy atom. The van der Waals surface area contributed by atoms with E-state index in [1.165, 1.54) is 0 Å². The lowest BCUT2D eigenvalue weighted by Gasteiger charge is -2.15. The molecule has 0 radical (unpaired) electrons. The zero-order chi connectivity index (χ0) is 14.5. The third kappa shape index (κ3) is 3.62. The van der Waals surface area contributed by atoms with Crippen LogP contribution in [0.2, 0.25) is 0 Å². The first-order valence-electron chi connectivity index (χ1n) is 7.03. The number of likely N-dealkylation sites (tertiary alicyclic amines) is 1. The van der Waals surface area contributed by atoms with Crippen molar-refractivity contribution in [3.63, 3.8) is 0 Å². The van der Waals surface area contributed by atoms with Gasteiger partial charge in [0, 0.05) is 43.3 Å². The number of nitrogens with one attached hydrogen (secondary N) is 1. The number of aromatic nitrogens is 1. The van der Waals surface area contributed by atoms with Gasteiger partial charge in [0.05, 0.1) is 0 Å². The highest BCUT2D eigenvalue weighted by Crippen LogP contribution is 2.15. The molecule has 5 nitrogen and oxygen atoms in total. The summed E-state index contributed by atoms with van der Waals surface area (Å²) in [5, 5.41) is 2.91. The van der Waals surface area contributed by atoms with Crippen molar-refractivity contribution in [1.29, 1.82) is 0 Å². The SMILES string of the molecule is CCn1cc(Br)cc1C(=O)NCCCN1CCCC1=O. The molecule has 2 amide bonds. The Bertz CT molecular complexity index is 499. The topological polar surface area (TPSA) is 54.3 Å². The fraction of sp³-hybridized carbons (Fsp3) is 0.571. The van der Waals surface area contributed by atoms with Gasteiger partial charge >= 0.3 is 0 Å². The summed E-state index contributed by atoms with van der Waals surface area (Å²) in [4.78, 5) is 25.4. The molecule has 0 aromatic carbocycles. The third-order valence-electron chi connectivity index (χ3n) is 3.50.